The van der Waals surface area contributed by atoms with E-state index in [1.165, 1.54) is 0 Å². The van der Waals surface area contributed by atoms with Crippen LogP contribution in [0.15, 0.2) is 25.3 Å². The smallest absolute Gasteiger partial charge is 0.374 e. The van der Waals surface area contributed by atoms with Crippen LogP contribution in [0.4, 0.5) is 0 Å². The second kappa shape index (κ2) is 8.00. The first-order valence-electron chi connectivity index (χ1n) is 7.34. The first kappa shape index (κ1) is 16.6. The van der Waals surface area contributed by atoms with Gasteiger partial charge in [0, 0.05) is 25.4 Å². The fraction of sp³-hybridized carbons (Fsp3) is 0.733. The van der Waals surface area contributed by atoms with Crippen molar-refractivity contribution in [3.63, 3.8) is 0 Å². The zero-order chi connectivity index (χ0) is 14.3. The molecule has 3 nitrogen and oxygen atoms in total. The van der Waals surface area contributed by atoms with Crippen LogP contribution in [-0.2, 0) is 13.3 Å². The quantitative estimate of drug-likeness (QED) is 0.476. The molecule has 1 aliphatic carbocycles. The van der Waals surface area contributed by atoms with Crippen molar-refractivity contribution in [1.29, 1.82) is 0 Å². The Kier molecular flexibility index (Phi) is 7.00. The second-order valence-electron chi connectivity index (χ2n) is 4.88. The summed E-state index contributed by atoms with van der Waals surface area (Å²) in [6.45, 7) is 15.8. The average Bonchev–Trinajstić information content (AvgIpc) is 2.83. The lowest BCUT2D eigenvalue weighted by atomic mass is 10.1. The molecule has 0 radical (unpaired) electrons. The van der Waals surface area contributed by atoms with Gasteiger partial charge in [-0.3, -0.25) is 0 Å². The molecule has 0 aliphatic heterocycles. The van der Waals surface area contributed by atoms with E-state index in [1.54, 1.807) is 0 Å². The standard InChI is InChI=1S/C15H28O3Si/c1-6-13-11-14(7-2)15(12-13)19(16-8-3,17-9-4)18-10-5/h6-7,13-15H,1-2,8-12H2,3-5H3/t13-,14+,15?/m0/s1. The Balaban J connectivity index is 2.99. The third kappa shape index (κ3) is 3.78. The highest BCUT2D eigenvalue weighted by Crippen LogP contribution is 2.48. The second-order valence-corrected chi connectivity index (χ2v) is 7.69. The van der Waals surface area contributed by atoms with Gasteiger partial charge in [-0.05, 0) is 45.4 Å². The molecule has 0 aromatic heterocycles. The highest BCUT2D eigenvalue weighted by molar-refractivity contribution is 6.62. The average molecular weight is 284 g/mol. The molecule has 4 heteroatoms. The van der Waals surface area contributed by atoms with Gasteiger partial charge in [-0.25, -0.2) is 0 Å². The molecule has 0 saturated heterocycles. The van der Waals surface area contributed by atoms with E-state index in [2.05, 4.69) is 13.2 Å². The van der Waals surface area contributed by atoms with Gasteiger partial charge in [0.05, 0.1) is 0 Å². The molecule has 0 heterocycles. The van der Waals surface area contributed by atoms with E-state index in [4.69, 9.17) is 13.3 Å². The summed E-state index contributed by atoms with van der Waals surface area (Å²) in [7, 11) is -2.62. The summed E-state index contributed by atoms with van der Waals surface area (Å²) in [5.41, 5.74) is 0.313. The van der Waals surface area contributed by atoms with Crippen LogP contribution in [0.2, 0.25) is 5.54 Å². The molecular weight excluding hydrogens is 256 g/mol. The predicted octanol–water partition coefficient (Wildman–Crippen LogP) is 3.80. The molecule has 1 unspecified atom stereocenters. The zero-order valence-electron chi connectivity index (χ0n) is 12.6. The number of hydrogen-bond donors (Lipinski definition) is 0. The van der Waals surface area contributed by atoms with E-state index in [0.29, 0.717) is 37.2 Å². The van der Waals surface area contributed by atoms with E-state index in [1.807, 2.05) is 32.9 Å². The Morgan fingerprint density at radius 2 is 1.47 bits per heavy atom. The fourth-order valence-electron chi connectivity index (χ4n) is 3.02. The van der Waals surface area contributed by atoms with Crippen LogP contribution < -0.4 is 0 Å². The molecule has 1 saturated carbocycles. The van der Waals surface area contributed by atoms with Crippen molar-refractivity contribution in [3.05, 3.63) is 25.3 Å². The lowest BCUT2D eigenvalue weighted by Crippen LogP contribution is -2.51. The van der Waals surface area contributed by atoms with Crippen molar-refractivity contribution in [1.82, 2.24) is 0 Å². The first-order valence-corrected chi connectivity index (χ1v) is 9.14. The Morgan fingerprint density at radius 3 is 1.84 bits per heavy atom. The Morgan fingerprint density at radius 1 is 0.947 bits per heavy atom. The molecule has 0 amide bonds. The molecule has 0 aromatic carbocycles. The molecule has 1 fully saturated rings. The third-order valence-electron chi connectivity index (χ3n) is 3.78. The molecule has 1 aliphatic rings. The maximum Gasteiger partial charge on any atom is 0.504 e. The van der Waals surface area contributed by atoms with Gasteiger partial charge in [-0.15, -0.1) is 13.2 Å². The molecule has 1 rings (SSSR count). The summed E-state index contributed by atoms with van der Waals surface area (Å²) in [5.74, 6) is 0.917. The molecule has 19 heavy (non-hydrogen) atoms. The molecule has 0 spiro atoms. The van der Waals surface area contributed by atoms with Crippen molar-refractivity contribution < 1.29 is 13.3 Å². The monoisotopic (exact) mass is 284 g/mol. The normalized spacial score (nSPS) is 27.4. The largest absolute Gasteiger partial charge is 0.504 e. The van der Waals surface area contributed by atoms with Crippen molar-refractivity contribution >= 4 is 8.80 Å². The topological polar surface area (TPSA) is 27.7 Å². The van der Waals surface area contributed by atoms with E-state index in [-0.39, 0.29) is 0 Å². The maximum absolute atomic E-state index is 6.03. The fourth-order valence-corrected chi connectivity index (χ4v) is 6.51. The van der Waals surface area contributed by atoms with Gasteiger partial charge in [-0.2, -0.15) is 0 Å². The van der Waals surface area contributed by atoms with E-state index >= 15 is 0 Å². The van der Waals surface area contributed by atoms with Gasteiger partial charge in [0.25, 0.3) is 0 Å². The summed E-state index contributed by atoms with van der Waals surface area (Å²) in [4.78, 5) is 0. The summed E-state index contributed by atoms with van der Waals surface area (Å²) in [5, 5.41) is 0. The molecular formula is C15H28O3Si. The minimum atomic E-state index is -2.62. The SMILES string of the molecule is C=C[C@@H]1CC([Si](OCC)(OCC)OCC)[C@H](C=C)C1. The van der Waals surface area contributed by atoms with Crippen molar-refractivity contribution in [2.24, 2.45) is 11.8 Å². The molecule has 0 N–H and O–H groups in total. The minimum Gasteiger partial charge on any atom is -0.374 e. The van der Waals surface area contributed by atoms with Crippen LogP contribution in [-0.4, -0.2) is 28.6 Å². The van der Waals surface area contributed by atoms with E-state index in [9.17, 15) is 0 Å². The Labute approximate surface area is 119 Å². The van der Waals surface area contributed by atoms with Crippen LogP contribution >= 0.6 is 0 Å². The van der Waals surface area contributed by atoms with Crippen LogP contribution in [0.5, 0.6) is 0 Å². The highest BCUT2D eigenvalue weighted by atomic mass is 28.4. The first-order chi connectivity index (χ1) is 9.17. The van der Waals surface area contributed by atoms with Gasteiger partial charge in [0.2, 0.25) is 0 Å². The summed E-state index contributed by atoms with van der Waals surface area (Å²) in [6.07, 6.45) is 6.19. The van der Waals surface area contributed by atoms with Gasteiger partial charge in [0.1, 0.15) is 0 Å². The summed E-state index contributed by atoms with van der Waals surface area (Å²) >= 11 is 0. The van der Waals surface area contributed by atoms with Crippen LogP contribution in [0.1, 0.15) is 33.6 Å². The molecule has 3 atom stereocenters. The van der Waals surface area contributed by atoms with Crippen molar-refractivity contribution in [2.45, 2.75) is 39.2 Å². The maximum atomic E-state index is 6.03. The lowest BCUT2D eigenvalue weighted by Gasteiger charge is -2.35. The van der Waals surface area contributed by atoms with Gasteiger partial charge < -0.3 is 13.3 Å². The Bertz CT molecular complexity index is 276. The predicted molar refractivity (Wildman–Crippen MR) is 81.0 cm³/mol. The molecule has 0 bridgehead atoms. The van der Waals surface area contributed by atoms with Crippen LogP contribution in [0.3, 0.4) is 0 Å². The number of allylic oxidation sites excluding steroid dienone is 2. The van der Waals surface area contributed by atoms with Gasteiger partial charge in [0.15, 0.2) is 0 Å². The highest BCUT2D eigenvalue weighted by Gasteiger charge is 2.54. The van der Waals surface area contributed by atoms with Crippen molar-refractivity contribution in [3.8, 4) is 0 Å². The summed E-state index contributed by atoms with van der Waals surface area (Å²) < 4.78 is 18.1. The minimum absolute atomic E-state index is 0.313. The third-order valence-corrected chi connectivity index (χ3v) is 7.42. The van der Waals surface area contributed by atoms with E-state index < -0.39 is 8.80 Å². The van der Waals surface area contributed by atoms with Crippen molar-refractivity contribution in [2.75, 3.05) is 19.8 Å². The van der Waals surface area contributed by atoms with Gasteiger partial charge in [-0.1, -0.05) is 12.2 Å². The van der Waals surface area contributed by atoms with E-state index in [0.717, 1.165) is 12.8 Å². The molecule has 110 valence electrons. The number of hydrogen-bond acceptors (Lipinski definition) is 3. The zero-order valence-corrected chi connectivity index (χ0v) is 13.6. The Hall–Kier alpha value is -0.423. The van der Waals surface area contributed by atoms with Crippen LogP contribution in [0.25, 0.3) is 0 Å². The van der Waals surface area contributed by atoms with Crippen LogP contribution in [0, 0.1) is 11.8 Å². The summed E-state index contributed by atoms with van der Waals surface area (Å²) in [6, 6.07) is 0. The van der Waals surface area contributed by atoms with Gasteiger partial charge >= 0.3 is 8.80 Å². The number of rotatable bonds is 9. The lowest BCUT2D eigenvalue weighted by molar-refractivity contribution is 0.0581. The molecule has 0 aromatic rings.